The van der Waals surface area contributed by atoms with Gasteiger partial charge in [-0.3, -0.25) is 0 Å². The molecule has 2 aliphatic rings. The molecule has 0 aliphatic heterocycles. The van der Waals surface area contributed by atoms with E-state index in [4.69, 9.17) is 5.73 Å². The molecule has 2 N–H and O–H groups in total. The fourth-order valence-electron chi connectivity index (χ4n) is 6.92. The van der Waals surface area contributed by atoms with E-state index >= 15 is 0 Å². The van der Waals surface area contributed by atoms with Crippen molar-refractivity contribution in [1.29, 1.82) is 0 Å². The number of rotatable bonds is 4. The van der Waals surface area contributed by atoms with Gasteiger partial charge in [0, 0.05) is 5.54 Å². The van der Waals surface area contributed by atoms with Crippen LogP contribution in [0.5, 0.6) is 0 Å². The molecule has 0 fully saturated rings. The largest absolute Gasteiger partial charge is 0.321 e. The molecule has 37 heavy (non-hydrogen) atoms. The van der Waals surface area contributed by atoms with Crippen molar-refractivity contribution < 1.29 is 0 Å². The molecular weight excluding hydrogens is 446 g/mol. The third-order valence-electron chi connectivity index (χ3n) is 9.03. The van der Waals surface area contributed by atoms with Gasteiger partial charge < -0.3 is 5.73 Å². The quantitative estimate of drug-likeness (QED) is 0.270. The van der Waals surface area contributed by atoms with Crippen LogP contribution in [0.15, 0.2) is 115 Å². The fraction of sp³-hybridized carbons (Fsp3) is 0.167. The molecule has 1 nitrogen and oxygen atoms in total. The molecule has 0 radical (unpaired) electrons. The molecule has 0 saturated heterocycles. The van der Waals surface area contributed by atoms with Crippen LogP contribution in [-0.2, 0) is 11.0 Å². The number of fused-ring (bicyclic) bond motifs is 10. The molecule has 5 aromatic rings. The average molecular weight is 478 g/mol. The van der Waals surface area contributed by atoms with Crippen molar-refractivity contribution in [2.45, 2.75) is 37.6 Å². The van der Waals surface area contributed by atoms with Gasteiger partial charge in [-0.05, 0) is 80.1 Å². The minimum Gasteiger partial charge on any atom is -0.321 e. The van der Waals surface area contributed by atoms with E-state index in [2.05, 4.69) is 129 Å². The molecule has 0 bridgehead atoms. The molecule has 2 aliphatic carbocycles. The molecule has 0 atom stereocenters. The van der Waals surface area contributed by atoms with Gasteiger partial charge in [-0.15, -0.1) is 0 Å². The maximum atomic E-state index is 6.99. The van der Waals surface area contributed by atoms with Crippen LogP contribution >= 0.6 is 0 Å². The molecule has 0 amide bonds. The van der Waals surface area contributed by atoms with Crippen molar-refractivity contribution in [1.82, 2.24) is 0 Å². The Kier molecular flexibility index (Phi) is 4.83. The third kappa shape index (κ3) is 2.89. The van der Waals surface area contributed by atoms with Gasteiger partial charge in [0.15, 0.2) is 0 Å². The Hall–Kier alpha value is -3.94. The summed E-state index contributed by atoms with van der Waals surface area (Å²) in [5.74, 6) is 0. The highest BCUT2D eigenvalue weighted by atomic mass is 14.7. The lowest BCUT2D eigenvalue weighted by molar-refractivity contribution is 0.412. The van der Waals surface area contributed by atoms with E-state index in [-0.39, 0.29) is 11.0 Å². The van der Waals surface area contributed by atoms with Crippen LogP contribution in [0.1, 0.15) is 54.5 Å². The van der Waals surface area contributed by atoms with Crippen LogP contribution in [0.25, 0.3) is 33.4 Å². The molecule has 0 unspecified atom stereocenters. The monoisotopic (exact) mass is 477 g/mol. The second-order valence-corrected chi connectivity index (χ2v) is 10.6. The van der Waals surface area contributed by atoms with E-state index in [1.807, 2.05) is 0 Å². The summed E-state index contributed by atoms with van der Waals surface area (Å²) in [7, 11) is 0. The van der Waals surface area contributed by atoms with Crippen LogP contribution < -0.4 is 5.73 Å². The van der Waals surface area contributed by atoms with Gasteiger partial charge in [0.2, 0.25) is 0 Å². The molecule has 1 heteroatoms. The summed E-state index contributed by atoms with van der Waals surface area (Å²) in [6, 6.07) is 42.8. The number of hydrogen-bond acceptors (Lipinski definition) is 1. The number of hydrogen-bond donors (Lipinski definition) is 1. The normalized spacial score (nSPS) is 14.2. The number of benzene rings is 5. The minimum atomic E-state index is -0.360. The van der Waals surface area contributed by atoms with Gasteiger partial charge in [0.25, 0.3) is 0 Å². The minimum absolute atomic E-state index is 0.335. The predicted molar refractivity (Wildman–Crippen MR) is 155 cm³/mol. The molecule has 0 heterocycles. The van der Waals surface area contributed by atoms with Crippen molar-refractivity contribution >= 4 is 0 Å². The smallest absolute Gasteiger partial charge is 0.0725 e. The van der Waals surface area contributed by atoms with E-state index in [0.717, 1.165) is 12.8 Å². The summed E-state index contributed by atoms with van der Waals surface area (Å²) in [6.07, 6.45) is 1.82. The van der Waals surface area contributed by atoms with Crippen LogP contribution in [0.2, 0.25) is 0 Å². The fourth-order valence-corrected chi connectivity index (χ4v) is 6.92. The van der Waals surface area contributed by atoms with E-state index < -0.39 is 0 Å². The van der Waals surface area contributed by atoms with Crippen LogP contribution in [0.4, 0.5) is 0 Å². The van der Waals surface area contributed by atoms with Gasteiger partial charge >= 0.3 is 0 Å². The second kappa shape index (κ2) is 8.03. The first-order chi connectivity index (χ1) is 18.1. The summed E-state index contributed by atoms with van der Waals surface area (Å²) in [6.45, 7) is 4.40. The molecular formula is C36H31N. The van der Waals surface area contributed by atoms with E-state index in [1.165, 1.54) is 61.2 Å². The Morgan fingerprint density at radius 3 is 1.65 bits per heavy atom. The van der Waals surface area contributed by atoms with E-state index in [0.29, 0.717) is 0 Å². The molecule has 1 spiro atoms. The highest BCUT2D eigenvalue weighted by Gasteiger charge is 2.52. The van der Waals surface area contributed by atoms with Crippen molar-refractivity contribution in [3.63, 3.8) is 0 Å². The summed E-state index contributed by atoms with van der Waals surface area (Å²) >= 11 is 0. The first-order valence-corrected chi connectivity index (χ1v) is 13.5. The van der Waals surface area contributed by atoms with Crippen molar-refractivity contribution in [2.75, 3.05) is 0 Å². The van der Waals surface area contributed by atoms with Gasteiger partial charge in [-0.2, -0.15) is 0 Å². The lowest BCUT2D eigenvalue weighted by atomic mass is 9.69. The Morgan fingerprint density at radius 1 is 0.514 bits per heavy atom. The first kappa shape index (κ1) is 22.3. The number of nitrogens with two attached hydrogens (primary N) is 1. The van der Waals surface area contributed by atoms with E-state index in [1.54, 1.807) is 0 Å². The standard InChI is InChI=1S/C36H31N/c1-3-35(37,4-2)26-19-21-30-29-20-18-25(24-12-6-5-7-13-24)22-33(29)36(34(30)23-26)31-16-10-8-14-27(31)28-15-9-11-17-32(28)36/h5-23H,3-4,37H2,1-2H3. The van der Waals surface area contributed by atoms with Gasteiger partial charge in [-0.1, -0.05) is 123 Å². The zero-order chi connectivity index (χ0) is 25.2. The van der Waals surface area contributed by atoms with Gasteiger partial charge in [-0.25, -0.2) is 0 Å². The van der Waals surface area contributed by atoms with Crippen molar-refractivity contribution in [3.8, 4) is 33.4 Å². The topological polar surface area (TPSA) is 26.0 Å². The average Bonchev–Trinajstić information content (AvgIpc) is 3.44. The summed E-state index contributed by atoms with van der Waals surface area (Å²) in [5, 5.41) is 0. The van der Waals surface area contributed by atoms with Crippen LogP contribution in [0, 0.1) is 0 Å². The zero-order valence-electron chi connectivity index (χ0n) is 21.5. The second-order valence-electron chi connectivity index (χ2n) is 10.6. The SMILES string of the molecule is CCC(N)(CC)c1ccc2c(c1)C1(c3ccccc3-c3ccccc31)c1cc(-c3ccccc3)ccc1-2. The lowest BCUT2D eigenvalue weighted by Gasteiger charge is -2.33. The van der Waals surface area contributed by atoms with Gasteiger partial charge in [0.05, 0.1) is 5.41 Å². The lowest BCUT2D eigenvalue weighted by Crippen LogP contribution is -2.35. The van der Waals surface area contributed by atoms with Crippen LogP contribution in [0.3, 0.4) is 0 Å². The van der Waals surface area contributed by atoms with Crippen LogP contribution in [-0.4, -0.2) is 0 Å². The molecule has 5 aromatic carbocycles. The van der Waals surface area contributed by atoms with Gasteiger partial charge in [0.1, 0.15) is 0 Å². The summed E-state index contributed by atoms with van der Waals surface area (Å²) < 4.78 is 0. The Labute approximate surface area is 219 Å². The Balaban J connectivity index is 1.61. The Bertz CT molecular complexity index is 1610. The molecule has 0 saturated carbocycles. The highest BCUT2D eigenvalue weighted by molar-refractivity contribution is 5.96. The zero-order valence-corrected chi connectivity index (χ0v) is 21.5. The Morgan fingerprint density at radius 2 is 1.03 bits per heavy atom. The highest BCUT2D eigenvalue weighted by Crippen LogP contribution is 2.63. The van der Waals surface area contributed by atoms with Crippen molar-refractivity contribution in [2.24, 2.45) is 5.73 Å². The summed E-state index contributed by atoms with van der Waals surface area (Å²) in [4.78, 5) is 0. The molecule has 180 valence electrons. The summed E-state index contributed by atoms with van der Waals surface area (Å²) in [5.41, 5.74) is 20.8. The third-order valence-corrected chi connectivity index (χ3v) is 9.03. The van der Waals surface area contributed by atoms with Crippen molar-refractivity contribution in [3.05, 3.63) is 143 Å². The maximum Gasteiger partial charge on any atom is 0.0725 e. The first-order valence-electron chi connectivity index (χ1n) is 13.5. The predicted octanol–water partition coefficient (Wildman–Crippen LogP) is 8.67. The molecule has 0 aromatic heterocycles. The van der Waals surface area contributed by atoms with E-state index in [9.17, 15) is 0 Å². The maximum absolute atomic E-state index is 6.99. The molecule has 7 rings (SSSR count).